The highest BCUT2D eigenvalue weighted by molar-refractivity contribution is 9.09. The average Bonchev–Trinajstić information content (AvgIpc) is 3.12. The number of hydrogen-bond donors (Lipinski definition) is 0. The number of rotatable bonds is 3. The molecule has 1 aliphatic rings. The lowest BCUT2D eigenvalue weighted by molar-refractivity contribution is 0.722. The molecule has 1 atom stereocenters. The molecular formula is C16H17Br. The van der Waals surface area contributed by atoms with E-state index in [1.54, 1.807) is 0 Å². The van der Waals surface area contributed by atoms with E-state index < -0.39 is 0 Å². The highest BCUT2D eigenvalue weighted by Gasteiger charge is 2.26. The number of benzene rings is 2. The van der Waals surface area contributed by atoms with Gasteiger partial charge in [-0.3, -0.25) is 0 Å². The van der Waals surface area contributed by atoms with E-state index in [1.807, 2.05) is 0 Å². The summed E-state index contributed by atoms with van der Waals surface area (Å²) in [4.78, 5) is 0.515. The van der Waals surface area contributed by atoms with Gasteiger partial charge in [-0.05, 0) is 41.2 Å². The molecule has 0 spiro atoms. The molecule has 1 fully saturated rings. The van der Waals surface area contributed by atoms with E-state index in [1.165, 1.54) is 41.2 Å². The van der Waals surface area contributed by atoms with Gasteiger partial charge in [-0.2, -0.15) is 0 Å². The van der Waals surface area contributed by atoms with Crippen LogP contribution in [0.5, 0.6) is 0 Å². The van der Waals surface area contributed by atoms with Crippen LogP contribution < -0.4 is 0 Å². The van der Waals surface area contributed by atoms with Gasteiger partial charge in [0.05, 0.1) is 0 Å². The highest BCUT2D eigenvalue weighted by Crippen LogP contribution is 2.43. The Bertz CT molecular complexity index is 540. The first-order chi connectivity index (χ1) is 8.25. The van der Waals surface area contributed by atoms with Gasteiger partial charge in [0.15, 0.2) is 0 Å². The van der Waals surface area contributed by atoms with Crippen LogP contribution in [0, 0.1) is 12.8 Å². The lowest BCUT2D eigenvalue weighted by Gasteiger charge is -2.16. The topological polar surface area (TPSA) is 0 Å². The quantitative estimate of drug-likeness (QED) is 0.665. The predicted molar refractivity (Wildman–Crippen MR) is 77.7 cm³/mol. The summed E-state index contributed by atoms with van der Waals surface area (Å²) < 4.78 is 0. The van der Waals surface area contributed by atoms with E-state index in [4.69, 9.17) is 0 Å². The van der Waals surface area contributed by atoms with Crippen LogP contribution in [0.4, 0.5) is 0 Å². The van der Waals surface area contributed by atoms with Crippen LogP contribution in [-0.2, 0) is 0 Å². The Balaban J connectivity index is 2.08. The molecule has 2 aromatic carbocycles. The van der Waals surface area contributed by atoms with Gasteiger partial charge in [0, 0.05) is 4.83 Å². The molecule has 17 heavy (non-hydrogen) atoms. The van der Waals surface area contributed by atoms with Gasteiger partial charge in [0.2, 0.25) is 0 Å². The summed E-state index contributed by atoms with van der Waals surface area (Å²) in [6.07, 6.45) is 4.13. The minimum absolute atomic E-state index is 0.515. The monoisotopic (exact) mass is 288 g/mol. The summed E-state index contributed by atoms with van der Waals surface area (Å²) >= 11 is 3.90. The van der Waals surface area contributed by atoms with Crippen molar-refractivity contribution in [3.8, 4) is 0 Å². The maximum absolute atomic E-state index is 3.90. The summed E-state index contributed by atoms with van der Waals surface area (Å²) in [6, 6.07) is 13.2. The molecule has 0 saturated heterocycles. The van der Waals surface area contributed by atoms with Gasteiger partial charge in [-0.1, -0.05) is 65.2 Å². The normalized spacial score (nSPS) is 17.3. The molecule has 0 aromatic heterocycles. The minimum Gasteiger partial charge on any atom is -0.0838 e. The summed E-state index contributed by atoms with van der Waals surface area (Å²) in [5.41, 5.74) is 2.90. The minimum atomic E-state index is 0.515. The van der Waals surface area contributed by atoms with E-state index >= 15 is 0 Å². The molecule has 1 aliphatic carbocycles. The summed E-state index contributed by atoms with van der Waals surface area (Å²) in [5.74, 6) is 0.956. The summed E-state index contributed by atoms with van der Waals surface area (Å²) in [7, 11) is 0. The Morgan fingerprint density at radius 2 is 1.94 bits per heavy atom. The number of alkyl halides is 1. The molecule has 1 saturated carbocycles. The van der Waals surface area contributed by atoms with Gasteiger partial charge < -0.3 is 0 Å². The van der Waals surface area contributed by atoms with Crippen molar-refractivity contribution in [2.24, 2.45) is 5.92 Å². The van der Waals surface area contributed by atoms with Crippen molar-refractivity contribution < 1.29 is 0 Å². The SMILES string of the molecule is Cc1ccc2ccccc2c1C(Br)CC1CC1. The smallest absolute Gasteiger partial charge is 0.0406 e. The second-order valence-electron chi connectivity index (χ2n) is 5.16. The van der Waals surface area contributed by atoms with Gasteiger partial charge in [-0.25, -0.2) is 0 Å². The maximum atomic E-state index is 3.90. The van der Waals surface area contributed by atoms with Gasteiger partial charge >= 0.3 is 0 Å². The van der Waals surface area contributed by atoms with E-state index in [-0.39, 0.29) is 0 Å². The standard InChI is InChI=1S/C16H17Br/c1-11-6-9-13-4-2-3-5-14(13)16(11)15(17)10-12-7-8-12/h2-6,9,12,15H,7-8,10H2,1H3. The lowest BCUT2D eigenvalue weighted by Crippen LogP contribution is -1.96. The van der Waals surface area contributed by atoms with Crippen LogP contribution in [0.15, 0.2) is 36.4 Å². The van der Waals surface area contributed by atoms with Gasteiger partial charge in [0.1, 0.15) is 0 Å². The molecule has 0 amide bonds. The summed E-state index contributed by atoms with van der Waals surface area (Å²) in [5, 5.41) is 2.77. The zero-order valence-electron chi connectivity index (χ0n) is 10.1. The Hall–Kier alpha value is -0.820. The van der Waals surface area contributed by atoms with Crippen LogP contribution in [0.3, 0.4) is 0 Å². The van der Waals surface area contributed by atoms with Crippen LogP contribution >= 0.6 is 15.9 Å². The van der Waals surface area contributed by atoms with Gasteiger partial charge in [-0.15, -0.1) is 0 Å². The largest absolute Gasteiger partial charge is 0.0838 e. The Morgan fingerprint density at radius 1 is 1.18 bits per heavy atom. The third kappa shape index (κ3) is 2.26. The van der Waals surface area contributed by atoms with Crippen LogP contribution in [-0.4, -0.2) is 0 Å². The number of hydrogen-bond acceptors (Lipinski definition) is 0. The fraction of sp³-hybridized carbons (Fsp3) is 0.375. The first-order valence-corrected chi connectivity index (χ1v) is 7.29. The lowest BCUT2D eigenvalue weighted by atomic mass is 9.95. The van der Waals surface area contributed by atoms with Crippen molar-refractivity contribution in [1.29, 1.82) is 0 Å². The van der Waals surface area contributed by atoms with Crippen molar-refractivity contribution in [2.75, 3.05) is 0 Å². The fourth-order valence-corrected chi connectivity index (χ4v) is 3.72. The van der Waals surface area contributed by atoms with Crippen LogP contribution in [0.2, 0.25) is 0 Å². The third-order valence-corrected chi connectivity index (χ3v) is 4.57. The molecule has 0 heterocycles. The molecule has 2 aromatic rings. The molecule has 0 N–H and O–H groups in total. The zero-order chi connectivity index (χ0) is 11.8. The van der Waals surface area contributed by atoms with Gasteiger partial charge in [0.25, 0.3) is 0 Å². The molecule has 1 heteroatoms. The van der Waals surface area contributed by atoms with Crippen molar-refractivity contribution >= 4 is 26.7 Å². The molecule has 1 unspecified atom stereocenters. The third-order valence-electron chi connectivity index (χ3n) is 3.74. The highest BCUT2D eigenvalue weighted by atomic mass is 79.9. The van der Waals surface area contributed by atoms with E-state index in [9.17, 15) is 0 Å². The molecule has 0 aliphatic heterocycles. The van der Waals surface area contributed by atoms with E-state index in [0.717, 1.165) is 5.92 Å². The Kier molecular flexibility index (Phi) is 2.96. The molecular weight excluding hydrogens is 272 g/mol. The van der Waals surface area contributed by atoms with E-state index in [0.29, 0.717) is 4.83 Å². The maximum Gasteiger partial charge on any atom is 0.0406 e. The predicted octanol–water partition coefficient (Wildman–Crippen LogP) is 5.38. The Labute approximate surface area is 111 Å². The van der Waals surface area contributed by atoms with E-state index in [2.05, 4.69) is 59.3 Å². The van der Waals surface area contributed by atoms with Crippen molar-refractivity contribution in [3.05, 3.63) is 47.5 Å². The molecule has 88 valence electrons. The van der Waals surface area contributed by atoms with Crippen molar-refractivity contribution in [3.63, 3.8) is 0 Å². The molecule has 0 nitrogen and oxygen atoms in total. The fourth-order valence-electron chi connectivity index (χ4n) is 2.58. The second kappa shape index (κ2) is 4.45. The second-order valence-corrected chi connectivity index (χ2v) is 6.27. The first kappa shape index (κ1) is 11.3. The van der Waals surface area contributed by atoms with Crippen LogP contribution in [0.1, 0.15) is 35.2 Å². The number of halogens is 1. The summed E-state index contributed by atoms with van der Waals surface area (Å²) in [6.45, 7) is 2.23. The molecule has 3 rings (SSSR count). The zero-order valence-corrected chi connectivity index (χ0v) is 11.7. The van der Waals surface area contributed by atoms with Crippen LogP contribution in [0.25, 0.3) is 10.8 Å². The molecule has 0 bridgehead atoms. The first-order valence-electron chi connectivity index (χ1n) is 6.38. The number of fused-ring (bicyclic) bond motifs is 1. The Morgan fingerprint density at radius 3 is 2.71 bits per heavy atom. The number of aryl methyl sites for hydroxylation is 1. The average molecular weight is 289 g/mol. The molecule has 0 radical (unpaired) electrons. The van der Waals surface area contributed by atoms with Crippen molar-refractivity contribution in [2.45, 2.75) is 31.0 Å². The van der Waals surface area contributed by atoms with Crippen molar-refractivity contribution in [1.82, 2.24) is 0 Å².